The van der Waals surface area contributed by atoms with Crippen molar-refractivity contribution >= 4 is 17.8 Å². The molecule has 1 aliphatic rings. The van der Waals surface area contributed by atoms with Crippen LogP contribution in [0.15, 0.2) is 30.3 Å². The predicted octanol–water partition coefficient (Wildman–Crippen LogP) is 1.34. The van der Waals surface area contributed by atoms with Gasteiger partial charge in [-0.2, -0.15) is 0 Å². The molecule has 2 N–H and O–H groups in total. The molecule has 1 saturated heterocycles. The molecule has 22 heavy (non-hydrogen) atoms. The van der Waals surface area contributed by atoms with Crippen LogP contribution in [0.2, 0.25) is 0 Å². The zero-order chi connectivity index (χ0) is 16.1. The van der Waals surface area contributed by atoms with E-state index >= 15 is 0 Å². The lowest BCUT2D eigenvalue weighted by Crippen LogP contribution is -2.53. The Labute approximate surface area is 129 Å². The summed E-state index contributed by atoms with van der Waals surface area (Å²) in [5.74, 6) is -1.19. The van der Waals surface area contributed by atoms with E-state index in [1.54, 1.807) is 6.92 Å². The number of rotatable bonds is 6. The van der Waals surface area contributed by atoms with Crippen LogP contribution in [0.3, 0.4) is 0 Å². The normalized spacial score (nSPS) is 15.8. The highest BCUT2D eigenvalue weighted by Crippen LogP contribution is 2.21. The lowest BCUT2D eigenvalue weighted by atomic mass is 9.89. The lowest BCUT2D eigenvalue weighted by molar-refractivity contribution is -0.131. The van der Waals surface area contributed by atoms with Crippen LogP contribution in [0, 0.1) is 11.8 Å². The van der Waals surface area contributed by atoms with E-state index in [0.29, 0.717) is 13.1 Å². The molecule has 0 saturated carbocycles. The molecule has 0 radical (unpaired) electrons. The summed E-state index contributed by atoms with van der Waals surface area (Å²) < 4.78 is 5.18. The number of nitrogens with zero attached hydrogens (tertiary/aromatic N) is 1. The van der Waals surface area contributed by atoms with Crippen LogP contribution in [0.5, 0.6) is 0 Å². The molecule has 0 aromatic heterocycles. The van der Waals surface area contributed by atoms with Gasteiger partial charge in [-0.25, -0.2) is 4.79 Å². The summed E-state index contributed by atoms with van der Waals surface area (Å²) in [6.07, 6.45) is -0.289. The summed E-state index contributed by atoms with van der Waals surface area (Å²) in [6.45, 7) is 2.54. The maximum absolute atomic E-state index is 11.9. The monoisotopic (exact) mass is 304 g/mol. The molecule has 0 aliphatic carbocycles. The maximum Gasteiger partial charge on any atom is 0.410 e. The van der Waals surface area contributed by atoms with Crippen molar-refractivity contribution in [3.05, 3.63) is 35.9 Å². The molecule has 1 atom stereocenters. The topological polar surface area (TPSA) is 89.7 Å². The summed E-state index contributed by atoms with van der Waals surface area (Å²) in [5.41, 5.74) is 6.05. The third-order valence-corrected chi connectivity index (χ3v) is 3.79. The van der Waals surface area contributed by atoms with Gasteiger partial charge in [-0.15, -0.1) is 0 Å². The van der Waals surface area contributed by atoms with Crippen molar-refractivity contribution in [2.75, 3.05) is 13.1 Å². The predicted molar refractivity (Wildman–Crippen MR) is 79.7 cm³/mol. The minimum Gasteiger partial charge on any atom is -0.445 e. The molecule has 2 amide bonds. The first kappa shape index (κ1) is 16.0. The average Bonchev–Trinajstić information content (AvgIpc) is 2.44. The minimum atomic E-state index is -0.480. The maximum atomic E-state index is 11.9. The third kappa shape index (κ3) is 4.07. The van der Waals surface area contributed by atoms with E-state index in [-0.39, 0.29) is 24.7 Å². The number of likely N-dealkylation sites (tertiary alicyclic amines) is 1. The van der Waals surface area contributed by atoms with E-state index in [0.717, 1.165) is 5.56 Å². The van der Waals surface area contributed by atoms with Gasteiger partial charge in [-0.3, -0.25) is 9.59 Å². The highest BCUT2D eigenvalue weighted by atomic mass is 16.6. The number of hydrogen-bond donors (Lipinski definition) is 1. The molecule has 1 unspecified atom stereocenters. The number of amides is 2. The number of carbonyl (C=O) groups excluding carboxylic acids is 3. The molecule has 1 fully saturated rings. The van der Waals surface area contributed by atoms with Gasteiger partial charge in [0.05, 0.1) is 5.92 Å². The van der Waals surface area contributed by atoms with Gasteiger partial charge in [-0.1, -0.05) is 37.3 Å². The summed E-state index contributed by atoms with van der Waals surface area (Å²) in [4.78, 5) is 36.1. The van der Waals surface area contributed by atoms with Crippen LogP contribution in [-0.2, 0) is 20.9 Å². The first-order chi connectivity index (χ1) is 10.5. The Morgan fingerprint density at radius 1 is 1.27 bits per heavy atom. The average molecular weight is 304 g/mol. The smallest absolute Gasteiger partial charge is 0.410 e. The summed E-state index contributed by atoms with van der Waals surface area (Å²) in [7, 11) is 0. The van der Waals surface area contributed by atoms with Crippen LogP contribution in [0.4, 0.5) is 4.79 Å². The van der Waals surface area contributed by atoms with E-state index in [2.05, 4.69) is 0 Å². The Hall–Kier alpha value is -2.37. The lowest BCUT2D eigenvalue weighted by Gasteiger charge is -2.37. The van der Waals surface area contributed by atoms with Gasteiger partial charge < -0.3 is 15.4 Å². The van der Waals surface area contributed by atoms with Crippen molar-refractivity contribution in [2.45, 2.75) is 20.0 Å². The fraction of sp³-hybridized carbons (Fsp3) is 0.438. The first-order valence-corrected chi connectivity index (χ1v) is 7.25. The molecule has 6 heteroatoms. The highest BCUT2D eigenvalue weighted by Gasteiger charge is 2.37. The fourth-order valence-electron chi connectivity index (χ4n) is 2.21. The van der Waals surface area contributed by atoms with Crippen molar-refractivity contribution in [3.8, 4) is 0 Å². The number of nitrogens with two attached hydrogens (primary N) is 1. The molecule has 118 valence electrons. The Bertz CT molecular complexity index is 553. The van der Waals surface area contributed by atoms with Crippen molar-refractivity contribution in [1.29, 1.82) is 0 Å². The molecule has 1 heterocycles. The van der Waals surface area contributed by atoms with E-state index < -0.39 is 17.9 Å². The standard InChI is InChI=1S/C16H20N2O4/c1-11(15(17)20)7-14(19)13-8-18(9-13)16(21)22-10-12-5-3-2-4-6-12/h2-6,11,13H,7-10H2,1H3,(H2,17,20). The molecular weight excluding hydrogens is 284 g/mol. The Morgan fingerprint density at radius 2 is 1.91 bits per heavy atom. The summed E-state index contributed by atoms with van der Waals surface area (Å²) in [6, 6.07) is 9.40. The van der Waals surface area contributed by atoms with E-state index in [1.165, 1.54) is 4.90 Å². The second-order valence-electron chi connectivity index (χ2n) is 5.62. The number of ether oxygens (including phenoxy) is 1. The molecule has 0 spiro atoms. The van der Waals surface area contributed by atoms with Crippen molar-refractivity contribution in [3.63, 3.8) is 0 Å². The van der Waals surface area contributed by atoms with Crippen LogP contribution >= 0.6 is 0 Å². The van der Waals surface area contributed by atoms with E-state index in [4.69, 9.17) is 10.5 Å². The molecular formula is C16H20N2O4. The van der Waals surface area contributed by atoms with Crippen LogP contribution < -0.4 is 5.73 Å². The van der Waals surface area contributed by atoms with E-state index in [1.807, 2.05) is 30.3 Å². The molecule has 2 rings (SSSR count). The van der Waals surface area contributed by atoms with Gasteiger partial charge in [0.1, 0.15) is 12.4 Å². The zero-order valence-electron chi connectivity index (χ0n) is 12.5. The minimum absolute atomic E-state index is 0.0293. The van der Waals surface area contributed by atoms with Crippen molar-refractivity contribution < 1.29 is 19.1 Å². The van der Waals surface area contributed by atoms with Crippen molar-refractivity contribution in [1.82, 2.24) is 4.90 Å². The Morgan fingerprint density at radius 3 is 2.50 bits per heavy atom. The molecule has 1 aliphatic heterocycles. The molecule has 1 aromatic carbocycles. The van der Waals surface area contributed by atoms with Gasteiger partial charge >= 0.3 is 6.09 Å². The van der Waals surface area contributed by atoms with Crippen LogP contribution in [0.25, 0.3) is 0 Å². The number of primary amides is 1. The second-order valence-corrected chi connectivity index (χ2v) is 5.62. The summed E-state index contributed by atoms with van der Waals surface area (Å²) in [5, 5.41) is 0. The zero-order valence-corrected chi connectivity index (χ0v) is 12.5. The largest absolute Gasteiger partial charge is 0.445 e. The third-order valence-electron chi connectivity index (χ3n) is 3.79. The Balaban J connectivity index is 1.71. The molecule has 1 aromatic rings. The fourth-order valence-corrected chi connectivity index (χ4v) is 2.21. The summed E-state index contributed by atoms with van der Waals surface area (Å²) >= 11 is 0. The number of Topliss-reactive ketones (excluding diaryl/α,β-unsaturated/α-hetero) is 1. The number of benzene rings is 1. The van der Waals surface area contributed by atoms with Gasteiger partial charge in [0, 0.05) is 25.4 Å². The van der Waals surface area contributed by atoms with E-state index in [9.17, 15) is 14.4 Å². The molecule has 6 nitrogen and oxygen atoms in total. The Kier molecular flexibility index (Phi) is 5.14. The SMILES string of the molecule is CC(CC(=O)C1CN(C(=O)OCc2ccccc2)C1)C(N)=O. The number of carbonyl (C=O) groups is 3. The van der Waals surface area contributed by atoms with Gasteiger partial charge in [0.25, 0.3) is 0 Å². The second kappa shape index (κ2) is 7.06. The van der Waals surface area contributed by atoms with Gasteiger partial charge in [0.15, 0.2) is 0 Å². The highest BCUT2D eigenvalue weighted by molar-refractivity contribution is 5.88. The number of hydrogen-bond acceptors (Lipinski definition) is 4. The van der Waals surface area contributed by atoms with Crippen LogP contribution in [-0.4, -0.2) is 35.8 Å². The molecule has 0 bridgehead atoms. The van der Waals surface area contributed by atoms with Crippen molar-refractivity contribution in [2.24, 2.45) is 17.6 Å². The number of ketones is 1. The van der Waals surface area contributed by atoms with Gasteiger partial charge in [0.2, 0.25) is 5.91 Å². The van der Waals surface area contributed by atoms with Crippen LogP contribution in [0.1, 0.15) is 18.9 Å². The quantitative estimate of drug-likeness (QED) is 0.858. The van der Waals surface area contributed by atoms with Gasteiger partial charge in [-0.05, 0) is 5.56 Å². The first-order valence-electron chi connectivity index (χ1n) is 7.25.